The highest BCUT2D eigenvalue weighted by atomic mass is 35.5. The van der Waals surface area contributed by atoms with Crippen molar-refractivity contribution in [1.29, 1.82) is 0 Å². The molecule has 1 aromatic heterocycles. The normalized spacial score (nSPS) is 14.1. The molecule has 136 valence electrons. The van der Waals surface area contributed by atoms with Crippen LogP contribution in [0.5, 0.6) is 0 Å². The summed E-state index contributed by atoms with van der Waals surface area (Å²) in [6.07, 6.45) is 2.32. The first-order valence-electron chi connectivity index (χ1n) is 8.02. The minimum Gasteiger partial charge on any atom is -0.465 e. The Balaban J connectivity index is 1.77. The van der Waals surface area contributed by atoms with Gasteiger partial charge in [-0.3, -0.25) is 4.79 Å². The summed E-state index contributed by atoms with van der Waals surface area (Å²) in [5, 5.41) is 3.56. The van der Waals surface area contributed by atoms with Crippen LogP contribution in [0, 0.1) is 0 Å². The minimum absolute atomic E-state index is 0.388. The third kappa shape index (κ3) is 4.02. The molecule has 0 saturated carbocycles. The van der Waals surface area contributed by atoms with Gasteiger partial charge in [-0.2, -0.15) is 0 Å². The zero-order chi connectivity index (χ0) is 18.5. The highest BCUT2D eigenvalue weighted by Gasteiger charge is 2.17. The molecule has 1 N–H and O–H groups in total. The first-order valence-corrected chi connectivity index (χ1v) is 8.39. The Kier molecular flexibility index (Phi) is 5.52. The van der Waals surface area contributed by atoms with Crippen molar-refractivity contribution >= 4 is 41.3 Å². The molecular weight excluding hydrogens is 358 g/mol. The molecule has 2 aromatic rings. The fourth-order valence-electron chi connectivity index (χ4n) is 2.65. The van der Waals surface area contributed by atoms with Crippen molar-refractivity contribution in [2.24, 2.45) is 0 Å². The first-order chi connectivity index (χ1) is 12.6. The highest BCUT2D eigenvalue weighted by molar-refractivity contribution is 6.33. The molecule has 0 spiro atoms. The van der Waals surface area contributed by atoms with E-state index in [9.17, 15) is 9.59 Å². The predicted molar refractivity (Wildman–Crippen MR) is 98.0 cm³/mol. The maximum atomic E-state index is 11.7. The Hall–Kier alpha value is -2.87. The number of piperazine rings is 1. The van der Waals surface area contributed by atoms with E-state index in [0.717, 1.165) is 12.2 Å². The Morgan fingerprint density at radius 3 is 2.69 bits per heavy atom. The number of hydrogen-bond donors (Lipinski definition) is 1. The van der Waals surface area contributed by atoms with Crippen LogP contribution in [0.15, 0.2) is 30.6 Å². The summed E-state index contributed by atoms with van der Waals surface area (Å²) < 4.78 is 4.73. The number of aromatic nitrogens is 2. The summed E-state index contributed by atoms with van der Waals surface area (Å²) in [6.45, 7) is 2.72. The Labute approximate surface area is 155 Å². The van der Waals surface area contributed by atoms with Crippen molar-refractivity contribution in [3.05, 3.63) is 41.2 Å². The van der Waals surface area contributed by atoms with Crippen LogP contribution in [0.25, 0.3) is 0 Å². The zero-order valence-electron chi connectivity index (χ0n) is 14.2. The Bertz CT molecular complexity index is 809. The van der Waals surface area contributed by atoms with Gasteiger partial charge in [0.15, 0.2) is 0 Å². The van der Waals surface area contributed by atoms with Gasteiger partial charge >= 0.3 is 5.97 Å². The van der Waals surface area contributed by atoms with Crippen molar-refractivity contribution in [3.63, 3.8) is 0 Å². The molecule has 0 atom stereocenters. The molecule has 26 heavy (non-hydrogen) atoms. The maximum absolute atomic E-state index is 11.7. The van der Waals surface area contributed by atoms with Crippen molar-refractivity contribution in [2.45, 2.75) is 0 Å². The third-order valence-corrected chi connectivity index (χ3v) is 4.42. The molecule has 0 bridgehead atoms. The van der Waals surface area contributed by atoms with Gasteiger partial charge in [0.25, 0.3) is 0 Å². The molecule has 8 nitrogen and oxygen atoms in total. The highest BCUT2D eigenvalue weighted by Crippen LogP contribution is 2.27. The number of anilines is 3. The number of esters is 1. The van der Waals surface area contributed by atoms with E-state index >= 15 is 0 Å². The van der Waals surface area contributed by atoms with Crippen LogP contribution in [0.1, 0.15) is 10.4 Å². The van der Waals surface area contributed by atoms with Gasteiger partial charge in [-0.25, -0.2) is 14.8 Å². The summed E-state index contributed by atoms with van der Waals surface area (Å²) in [5.41, 5.74) is 0.934. The van der Waals surface area contributed by atoms with Crippen LogP contribution in [0.2, 0.25) is 5.02 Å². The van der Waals surface area contributed by atoms with Gasteiger partial charge in [-0.15, -0.1) is 0 Å². The van der Waals surface area contributed by atoms with E-state index in [1.165, 1.54) is 13.4 Å². The van der Waals surface area contributed by atoms with Crippen LogP contribution >= 0.6 is 11.6 Å². The monoisotopic (exact) mass is 375 g/mol. The van der Waals surface area contributed by atoms with Crippen LogP contribution in [-0.4, -0.2) is 60.5 Å². The van der Waals surface area contributed by atoms with E-state index in [1.807, 2.05) is 0 Å². The SMILES string of the molecule is COC(=O)c1ccc(Cl)c(Nc2cc(N3CCN(C=O)CC3)ncn2)c1. The van der Waals surface area contributed by atoms with E-state index in [1.54, 1.807) is 29.2 Å². The predicted octanol–water partition coefficient (Wildman–Crippen LogP) is 1.94. The van der Waals surface area contributed by atoms with Crippen molar-refractivity contribution in [3.8, 4) is 0 Å². The number of halogens is 1. The van der Waals surface area contributed by atoms with Crippen molar-refractivity contribution in [1.82, 2.24) is 14.9 Å². The molecule has 1 amide bonds. The van der Waals surface area contributed by atoms with E-state index in [-0.39, 0.29) is 0 Å². The summed E-state index contributed by atoms with van der Waals surface area (Å²) >= 11 is 6.21. The quantitative estimate of drug-likeness (QED) is 0.631. The summed E-state index contributed by atoms with van der Waals surface area (Å²) in [4.78, 5) is 34.8. The molecule has 1 aromatic carbocycles. The van der Waals surface area contributed by atoms with Gasteiger partial charge in [0.2, 0.25) is 6.41 Å². The van der Waals surface area contributed by atoms with E-state index in [0.29, 0.717) is 48.3 Å². The fraction of sp³-hybridized carbons (Fsp3) is 0.294. The van der Waals surface area contributed by atoms with Crippen molar-refractivity contribution in [2.75, 3.05) is 43.5 Å². The van der Waals surface area contributed by atoms with E-state index in [2.05, 4.69) is 20.2 Å². The second kappa shape index (κ2) is 8.01. The lowest BCUT2D eigenvalue weighted by Gasteiger charge is -2.33. The summed E-state index contributed by atoms with van der Waals surface area (Å²) in [6, 6.07) is 6.63. The van der Waals surface area contributed by atoms with Gasteiger partial charge in [-0.05, 0) is 18.2 Å². The Morgan fingerprint density at radius 1 is 1.23 bits per heavy atom. The van der Waals surface area contributed by atoms with E-state index in [4.69, 9.17) is 16.3 Å². The molecule has 9 heteroatoms. The standard InChI is InChI=1S/C17H18ClN5O3/c1-26-17(25)12-2-3-13(18)14(8-12)21-15-9-16(20-10-19-15)23-6-4-22(11-24)5-7-23/h2-3,8-11H,4-7H2,1H3,(H,19,20,21). The number of ether oxygens (including phenoxy) is 1. The average molecular weight is 376 g/mol. The topological polar surface area (TPSA) is 87.7 Å². The molecule has 1 saturated heterocycles. The van der Waals surface area contributed by atoms with Crippen LogP contribution in [-0.2, 0) is 9.53 Å². The fourth-order valence-corrected chi connectivity index (χ4v) is 2.81. The second-order valence-corrected chi connectivity index (χ2v) is 6.11. The first kappa shape index (κ1) is 17.9. The largest absolute Gasteiger partial charge is 0.465 e. The molecule has 1 aliphatic heterocycles. The molecule has 3 rings (SSSR count). The lowest BCUT2D eigenvalue weighted by Crippen LogP contribution is -2.46. The molecule has 0 radical (unpaired) electrons. The van der Waals surface area contributed by atoms with Crippen LogP contribution < -0.4 is 10.2 Å². The molecule has 0 unspecified atom stereocenters. The third-order valence-electron chi connectivity index (χ3n) is 4.09. The number of methoxy groups -OCH3 is 1. The number of nitrogens with one attached hydrogen (secondary N) is 1. The van der Waals surface area contributed by atoms with Crippen LogP contribution in [0.4, 0.5) is 17.3 Å². The summed E-state index contributed by atoms with van der Waals surface area (Å²) in [7, 11) is 1.32. The van der Waals surface area contributed by atoms with Crippen molar-refractivity contribution < 1.29 is 14.3 Å². The average Bonchev–Trinajstić information content (AvgIpc) is 2.69. The zero-order valence-corrected chi connectivity index (χ0v) is 14.9. The Morgan fingerprint density at radius 2 is 2.00 bits per heavy atom. The number of carbonyl (C=O) groups excluding carboxylic acids is 2. The number of carbonyl (C=O) groups is 2. The number of amides is 1. The van der Waals surface area contributed by atoms with Gasteiger partial charge in [-0.1, -0.05) is 11.6 Å². The number of nitrogens with zero attached hydrogens (tertiary/aromatic N) is 4. The second-order valence-electron chi connectivity index (χ2n) is 5.70. The van der Waals surface area contributed by atoms with Crippen LogP contribution in [0.3, 0.4) is 0 Å². The lowest BCUT2D eigenvalue weighted by molar-refractivity contribution is -0.118. The number of hydrogen-bond acceptors (Lipinski definition) is 7. The van der Waals surface area contributed by atoms with Gasteiger partial charge in [0.05, 0.1) is 23.4 Å². The maximum Gasteiger partial charge on any atom is 0.337 e. The summed E-state index contributed by atoms with van der Waals surface area (Å²) in [5.74, 6) is 0.867. The van der Waals surface area contributed by atoms with E-state index < -0.39 is 5.97 Å². The number of benzene rings is 1. The minimum atomic E-state index is -0.443. The smallest absolute Gasteiger partial charge is 0.337 e. The van der Waals surface area contributed by atoms with Gasteiger partial charge in [0.1, 0.15) is 18.0 Å². The molecule has 1 fully saturated rings. The van der Waals surface area contributed by atoms with Gasteiger partial charge < -0.3 is 19.9 Å². The van der Waals surface area contributed by atoms with Gasteiger partial charge in [0, 0.05) is 32.2 Å². The lowest BCUT2D eigenvalue weighted by atomic mass is 10.2. The number of rotatable bonds is 5. The molecule has 2 heterocycles. The molecule has 0 aliphatic carbocycles. The molecular formula is C17H18ClN5O3. The molecule has 1 aliphatic rings.